The summed E-state index contributed by atoms with van der Waals surface area (Å²) in [7, 11) is 0. The molecule has 0 aliphatic heterocycles. The van der Waals surface area contributed by atoms with E-state index >= 15 is 0 Å². The number of aromatic amines is 1. The Labute approximate surface area is 196 Å². The van der Waals surface area contributed by atoms with Crippen LogP contribution in [0.15, 0.2) is 53.9 Å². The van der Waals surface area contributed by atoms with Crippen molar-refractivity contribution < 1.29 is 14.3 Å². The van der Waals surface area contributed by atoms with Crippen LogP contribution in [0.3, 0.4) is 0 Å². The topological polar surface area (TPSA) is 96.1 Å². The molecule has 3 N–H and O–H groups in total. The second-order valence-corrected chi connectivity index (χ2v) is 8.40. The van der Waals surface area contributed by atoms with Crippen molar-refractivity contribution in [1.29, 1.82) is 0 Å². The first-order valence-electron chi connectivity index (χ1n) is 10.9. The van der Waals surface area contributed by atoms with E-state index in [9.17, 15) is 9.59 Å². The van der Waals surface area contributed by atoms with Crippen LogP contribution in [-0.2, 0) is 4.79 Å². The molecule has 2 aromatic carbocycles. The van der Waals surface area contributed by atoms with E-state index in [2.05, 4.69) is 26.7 Å². The summed E-state index contributed by atoms with van der Waals surface area (Å²) in [6, 6.07) is 15.2. The summed E-state index contributed by atoms with van der Waals surface area (Å²) in [6.45, 7) is 4.78. The van der Waals surface area contributed by atoms with Crippen molar-refractivity contribution in [2.24, 2.45) is 0 Å². The number of H-pyrrole nitrogens is 1. The lowest BCUT2D eigenvalue weighted by atomic mass is 10.1. The van der Waals surface area contributed by atoms with Crippen molar-refractivity contribution in [3.05, 3.63) is 65.2 Å². The molecule has 0 saturated carbocycles. The molecular weight excluding hydrogens is 436 g/mol. The minimum absolute atomic E-state index is 0.129. The Kier molecular flexibility index (Phi) is 7.04. The summed E-state index contributed by atoms with van der Waals surface area (Å²) in [5.41, 5.74) is 4.49. The number of carbonyl (C=O) groups is 2. The number of rotatable bonds is 9. The molecule has 0 bridgehead atoms. The van der Waals surface area contributed by atoms with E-state index in [1.54, 1.807) is 18.2 Å². The van der Waals surface area contributed by atoms with Gasteiger partial charge < -0.3 is 20.4 Å². The highest BCUT2D eigenvalue weighted by Crippen LogP contribution is 2.33. The zero-order chi connectivity index (χ0) is 23.2. The highest BCUT2D eigenvalue weighted by Gasteiger charge is 2.15. The standard InChI is InChI=1S/C25H26N4O3S/c1-3-32-21-12-7-5-10-18(21)24(31)26-14-8-13-22(30)29-25-28-20(15-33-25)23-16(2)27-19-11-6-4-9-17(19)23/h4-7,9-12,15,27H,3,8,13-14H2,1-2H3,(H,26,31)(H,28,29,30). The number of carbonyl (C=O) groups excluding carboxylic acids is 2. The van der Waals surface area contributed by atoms with Crippen LogP contribution < -0.4 is 15.4 Å². The monoisotopic (exact) mass is 462 g/mol. The number of benzene rings is 2. The maximum Gasteiger partial charge on any atom is 0.255 e. The van der Waals surface area contributed by atoms with Crippen molar-refractivity contribution in [3.8, 4) is 17.0 Å². The number of para-hydroxylation sites is 2. The van der Waals surface area contributed by atoms with Crippen LogP contribution in [0, 0.1) is 6.92 Å². The van der Waals surface area contributed by atoms with E-state index in [0.29, 0.717) is 36.0 Å². The Hall–Kier alpha value is -3.65. The van der Waals surface area contributed by atoms with Gasteiger partial charge in [0.1, 0.15) is 5.75 Å². The second kappa shape index (κ2) is 10.3. The van der Waals surface area contributed by atoms with Crippen molar-refractivity contribution in [1.82, 2.24) is 15.3 Å². The normalized spacial score (nSPS) is 10.8. The molecule has 33 heavy (non-hydrogen) atoms. The second-order valence-electron chi connectivity index (χ2n) is 7.55. The van der Waals surface area contributed by atoms with Gasteiger partial charge in [-0.15, -0.1) is 11.3 Å². The highest BCUT2D eigenvalue weighted by molar-refractivity contribution is 7.14. The van der Waals surface area contributed by atoms with Crippen LogP contribution in [0.25, 0.3) is 22.2 Å². The lowest BCUT2D eigenvalue weighted by Crippen LogP contribution is -2.26. The average Bonchev–Trinajstić information content (AvgIpc) is 3.39. The van der Waals surface area contributed by atoms with Crippen molar-refractivity contribution in [3.63, 3.8) is 0 Å². The predicted octanol–water partition coefficient (Wildman–Crippen LogP) is 5.15. The fourth-order valence-electron chi connectivity index (χ4n) is 3.72. The SMILES string of the molecule is CCOc1ccccc1C(=O)NCCCC(=O)Nc1nc(-c2c(C)[nH]c3ccccc23)cs1. The minimum atomic E-state index is -0.210. The number of ether oxygens (including phenoxy) is 1. The number of aromatic nitrogens is 2. The smallest absolute Gasteiger partial charge is 0.255 e. The molecule has 170 valence electrons. The van der Waals surface area contributed by atoms with Gasteiger partial charge >= 0.3 is 0 Å². The molecule has 4 aromatic rings. The molecule has 0 atom stereocenters. The first kappa shape index (κ1) is 22.5. The third-order valence-electron chi connectivity index (χ3n) is 5.20. The van der Waals surface area contributed by atoms with Crippen LogP contribution in [0.4, 0.5) is 5.13 Å². The summed E-state index contributed by atoms with van der Waals surface area (Å²) in [5.74, 6) is 0.217. The van der Waals surface area contributed by atoms with Crippen molar-refractivity contribution >= 4 is 39.2 Å². The van der Waals surface area contributed by atoms with Crippen LogP contribution in [0.2, 0.25) is 0 Å². The Morgan fingerprint density at radius 3 is 2.76 bits per heavy atom. The first-order chi connectivity index (χ1) is 16.1. The van der Waals surface area contributed by atoms with Gasteiger partial charge in [-0.2, -0.15) is 0 Å². The molecule has 2 aromatic heterocycles. The summed E-state index contributed by atoms with van der Waals surface area (Å²) >= 11 is 1.40. The number of hydrogen-bond donors (Lipinski definition) is 3. The van der Waals surface area contributed by atoms with E-state index < -0.39 is 0 Å². The van der Waals surface area contributed by atoms with Crippen LogP contribution in [0.1, 0.15) is 35.8 Å². The van der Waals surface area contributed by atoms with Gasteiger partial charge in [-0.1, -0.05) is 30.3 Å². The van der Waals surface area contributed by atoms with Gasteiger partial charge in [-0.25, -0.2) is 4.98 Å². The summed E-state index contributed by atoms with van der Waals surface area (Å²) in [6.07, 6.45) is 0.808. The van der Waals surface area contributed by atoms with Crippen LogP contribution in [0.5, 0.6) is 5.75 Å². The number of amides is 2. The largest absolute Gasteiger partial charge is 0.493 e. The molecule has 0 fully saturated rings. The average molecular weight is 463 g/mol. The molecule has 0 aliphatic carbocycles. The zero-order valence-corrected chi connectivity index (χ0v) is 19.4. The number of nitrogens with one attached hydrogen (secondary N) is 3. The van der Waals surface area contributed by atoms with Crippen LogP contribution >= 0.6 is 11.3 Å². The number of anilines is 1. The van der Waals surface area contributed by atoms with Gasteiger partial charge in [0.2, 0.25) is 5.91 Å². The van der Waals surface area contributed by atoms with Gasteiger partial charge in [0.25, 0.3) is 5.91 Å². The predicted molar refractivity (Wildman–Crippen MR) is 132 cm³/mol. The van der Waals surface area contributed by atoms with Gasteiger partial charge in [0.15, 0.2) is 5.13 Å². The third kappa shape index (κ3) is 5.23. The fraction of sp³-hybridized carbons (Fsp3) is 0.240. The molecule has 8 heteroatoms. The van der Waals surface area contributed by atoms with E-state index in [-0.39, 0.29) is 18.2 Å². The molecular formula is C25H26N4O3S. The maximum absolute atomic E-state index is 12.4. The summed E-state index contributed by atoms with van der Waals surface area (Å²) in [4.78, 5) is 32.8. The quantitative estimate of drug-likeness (QED) is 0.300. The Balaban J connectivity index is 1.28. The molecule has 2 heterocycles. The number of fused-ring (bicyclic) bond motifs is 1. The Bertz CT molecular complexity index is 1280. The lowest BCUT2D eigenvalue weighted by molar-refractivity contribution is -0.116. The van der Waals surface area contributed by atoms with Crippen molar-refractivity contribution in [2.75, 3.05) is 18.5 Å². The minimum Gasteiger partial charge on any atom is -0.493 e. The molecule has 2 amide bonds. The molecule has 0 unspecified atom stereocenters. The lowest BCUT2D eigenvalue weighted by Gasteiger charge is -2.10. The van der Waals surface area contributed by atoms with Crippen LogP contribution in [-0.4, -0.2) is 34.9 Å². The molecule has 0 radical (unpaired) electrons. The molecule has 7 nitrogen and oxygen atoms in total. The molecule has 0 aliphatic rings. The van der Waals surface area contributed by atoms with Gasteiger partial charge in [0, 0.05) is 40.5 Å². The molecule has 4 rings (SSSR count). The highest BCUT2D eigenvalue weighted by atomic mass is 32.1. The number of hydrogen-bond acceptors (Lipinski definition) is 5. The third-order valence-corrected chi connectivity index (χ3v) is 5.96. The van der Waals surface area contributed by atoms with Crippen molar-refractivity contribution in [2.45, 2.75) is 26.7 Å². The van der Waals surface area contributed by atoms with E-state index in [4.69, 9.17) is 4.74 Å². The molecule has 0 spiro atoms. The van der Waals surface area contributed by atoms with Gasteiger partial charge in [-0.05, 0) is 38.5 Å². The van der Waals surface area contributed by atoms with E-state index in [0.717, 1.165) is 27.9 Å². The summed E-state index contributed by atoms with van der Waals surface area (Å²) < 4.78 is 5.50. The number of aryl methyl sites for hydroxylation is 1. The molecule has 0 saturated heterocycles. The first-order valence-corrected chi connectivity index (χ1v) is 11.8. The van der Waals surface area contributed by atoms with E-state index in [1.807, 2.05) is 43.5 Å². The Morgan fingerprint density at radius 2 is 1.91 bits per heavy atom. The zero-order valence-electron chi connectivity index (χ0n) is 18.6. The maximum atomic E-state index is 12.4. The van der Waals surface area contributed by atoms with Gasteiger partial charge in [-0.3, -0.25) is 9.59 Å². The Morgan fingerprint density at radius 1 is 1.12 bits per heavy atom. The van der Waals surface area contributed by atoms with Gasteiger partial charge in [0.05, 0.1) is 17.9 Å². The fourth-order valence-corrected chi connectivity index (χ4v) is 4.43. The number of nitrogens with zero attached hydrogens (tertiary/aromatic N) is 1. The van der Waals surface area contributed by atoms with E-state index in [1.165, 1.54) is 11.3 Å². The summed E-state index contributed by atoms with van der Waals surface area (Å²) in [5, 5.41) is 9.34. The number of thiazole rings is 1.